The molecule has 41 heavy (non-hydrogen) atoms. The van der Waals surface area contributed by atoms with Crippen molar-refractivity contribution in [3.63, 3.8) is 0 Å². The maximum absolute atomic E-state index is 13.6. The molecule has 221 valence electrons. The Bertz CT molecular complexity index is 1390. The zero-order valence-corrected chi connectivity index (χ0v) is 25.8. The molecule has 4 aromatic rings. The maximum Gasteiger partial charge on any atom is 0.414 e. The van der Waals surface area contributed by atoms with Crippen molar-refractivity contribution in [3.05, 3.63) is 95.9 Å². The first kappa shape index (κ1) is 34.2. The topological polar surface area (TPSA) is 66.2 Å². The van der Waals surface area contributed by atoms with Crippen molar-refractivity contribution in [2.75, 3.05) is 0 Å². The largest absolute Gasteiger partial charge is 0.414 e. The first-order valence-electron chi connectivity index (χ1n) is 12.8. The van der Waals surface area contributed by atoms with E-state index in [1.807, 2.05) is 50.2 Å². The summed E-state index contributed by atoms with van der Waals surface area (Å²) in [4.78, 5) is 9.50. The van der Waals surface area contributed by atoms with Crippen LogP contribution >= 0.6 is 0 Å². The summed E-state index contributed by atoms with van der Waals surface area (Å²) >= 11 is 0. The van der Waals surface area contributed by atoms with E-state index in [2.05, 4.69) is 23.2 Å². The van der Waals surface area contributed by atoms with Crippen LogP contribution < -0.4 is 0 Å². The van der Waals surface area contributed by atoms with Gasteiger partial charge in [-0.1, -0.05) is 69.7 Å². The number of halogens is 4. The van der Waals surface area contributed by atoms with Gasteiger partial charge in [-0.25, -0.2) is 4.39 Å². The van der Waals surface area contributed by atoms with E-state index in [1.54, 1.807) is 33.0 Å². The Hall–Kier alpha value is -2.97. The molecule has 9 heteroatoms. The Labute approximate surface area is 251 Å². The summed E-state index contributed by atoms with van der Waals surface area (Å²) in [5, 5.41) is 17.9. The first-order chi connectivity index (χ1) is 18.6. The van der Waals surface area contributed by atoms with Crippen LogP contribution in [0.4, 0.5) is 17.6 Å². The molecule has 2 unspecified atom stereocenters. The number of aliphatic hydroxyl groups is 2. The van der Waals surface area contributed by atoms with Gasteiger partial charge in [0.05, 0.1) is 17.5 Å². The van der Waals surface area contributed by atoms with Crippen molar-refractivity contribution in [3.8, 4) is 33.8 Å². The molecular weight excluding hydrogens is 713 g/mol. The van der Waals surface area contributed by atoms with Crippen molar-refractivity contribution in [2.45, 2.75) is 59.4 Å². The van der Waals surface area contributed by atoms with Crippen LogP contribution in [0.3, 0.4) is 0 Å². The molecule has 0 amide bonds. The second-order valence-electron chi connectivity index (χ2n) is 10.8. The zero-order chi connectivity index (χ0) is 29.7. The predicted molar refractivity (Wildman–Crippen MR) is 149 cm³/mol. The van der Waals surface area contributed by atoms with Gasteiger partial charge in [0.2, 0.25) is 0 Å². The average Bonchev–Trinajstić information content (AvgIpc) is 2.88. The van der Waals surface area contributed by atoms with Crippen molar-refractivity contribution >= 4 is 0 Å². The van der Waals surface area contributed by atoms with Crippen LogP contribution in [0.15, 0.2) is 72.9 Å². The predicted octanol–water partition coefficient (Wildman–Crippen LogP) is 7.74. The molecule has 3 aromatic carbocycles. The Morgan fingerprint density at radius 2 is 1.46 bits per heavy atom. The minimum absolute atomic E-state index is 0. The number of hydrogen-bond donors (Lipinski definition) is 2. The van der Waals surface area contributed by atoms with Crippen molar-refractivity contribution < 1.29 is 47.9 Å². The number of hydrogen-bond acceptors (Lipinski definition) is 4. The third-order valence-corrected chi connectivity index (χ3v) is 6.27. The quantitative estimate of drug-likeness (QED) is 0.162. The van der Waals surface area contributed by atoms with E-state index >= 15 is 0 Å². The molecule has 2 N–H and O–H groups in total. The molecule has 0 fully saturated rings. The van der Waals surface area contributed by atoms with E-state index in [0.717, 1.165) is 28.1 Å². The van der Waals surface area contributed by atoms with Gasteiger partial charge in [-0.15, -0.1) is 35.4 Å². The summed E-state index contributed by atoms with van der Waals surface area (Å²) in [6, 6.07) is 23.8. The Balaban J connectivity index is 0.000000360. The summed E-state index contributed by atoms with van der Waals surface area (Å²) in [7, 11) is 0. The Morgan fingerprint density at radius 3 is 2.00 bits per heavy atom. The van der Waals surface area contributed by atoms with Crippen LogP contribution in [-0.2, 0) is 20.1 Å². The van der Waals surface area contributed by atoms with Crippen LogP contribution in [-0.4, -0.2) is 38.6 Å². The van der Waals surface area contributed by atoms with Crippen LogP contribution in [0.25, 0.3) is 33.8 Å². The van der Waals surface area contributed by atoms with Gasteiger partial charge < -0.3 is 15.2 Å². The molecule has 0 aliphatic heterocycles. The van der Waals surface area contributed by atoms with E-state index in [0.29, 0.717) is 11.3 Å². The smallest absolute Gasteiger partial charge is 0.392 e. The Morgan fingerprint density at radius 1 is 0.829 bits per heavy atom. The van der Waals surface area contributed by atoms with E-state index in [4.69, 9.17) is 10.1 Å². The van der Waals surface area contributed by atoms with Gasteiger partial charge in [0.1, 0.15) is 5.82 Å². The maximum atomic E-state index is 13.6. The normalized spacial score (nSPS) is 13.0. The summed E-state index contributed by atoms with van der Waals surface area (Å²) < 4.78 is 49.2. The fourth-order valence-electron chi connectivity index (χ4n) is 3.63. The standard InChI is InChI=1S/C24H18FN2.C8H15F3O2.Ir/c1-16-6-10-18(11-7-16)23-24(19-12-8-17(2)9-13-19)27-22(15-26-23)20-4-3-5-21(25)14-20;1-7(2,3)5(12)4-6(13)8(9,10)11;/h3-10,12-15H,1-2H3;5-6,12-13H,4H2,1-3H3;/q-1;;. The number of aromatic nitrogens is 2. The molecule has 2 atom stereocenters. The van der Waals surface area contributed by atoms with Crippen LogP contribution in [0, 0.1) is 31.1 Å². The molecule has 0 saturated heterocycles. The number of alkyl halides is 3. The SMILES string of the molecule is CC(C)(C)C(O)CC(O)C(F)(F)F.Cc1c[c-]c(-c2ncc(-c3cccc(F)c3)nc2-c2ccc(C)cc2)cc1.[Ir]. The van der Waals surface area contributed by atoms with Gasteiger partial charge in [0, 0.05) is 44.0 Å². The van der Waals surface area contributed by atoms with Crippen LogP contribution in [0.2, 0.25) is 0 Å². The van der Waals surface area contributed by atoms with E-state index in [9.17, 15) is 22.7 Å². The van der Waals surface area contributed by atoms with Crippen LogP contribution in [0.5, 0.6) is 0 Å². The average molecular weight is 746 g/mol. The van der Waals surface area contributed by atoms with Crippen molar-refractivity contribution in [1.29, 1.82) is 0 Å². The van der Waals surface area contributed by atoms with Gasteiger partial charge in [0.15, 0.2) is 6.10 Å². The summed E-state index contributed by atoms with van der Waals surface area (Å²) in [5.74, 6) is -0.290. The molecular formula is C32H33F4IrN2O2-. The van der Waals surface area contributed by atoms with Gasteiger partial charge in [-0.3, -0.25) is 4.98 Å². The number of benzene rings is 3. The van der Waals surface area contributed by atoms with Crippen molar-refractivity contribution in [2.24, 2.45) is 5.41 Å². The third-order valence-electron chi connectivity index (χ3n) is 6.27. The monoisotopic (exact) mass is 746 g/mol. The summed E-state index contributed by atoms with van der Waals surface area (Å²) in [5.41, 5.74) is 6.39. The second-order valence-corrected chi connectivity index (χ2v) is 10.8. The fourth-order valence-corrected chi connectivity index (χ4v) is 3.63. The minimum atomic E-state index is -4.65. The zero-order valence-electron chi connectivity index (χ0n) is 23.4. The van der Waals surface area contributed by atoms with E-state index in [-0.39, 0.29) is 25.9 Å². The number of nitrogens with zero attached hydrogens (tertiary/aromatic N) is 2. The Kier molecular flexibility index (Phi) is 11.9. The molecule has 0 spiro atoms. The molecule has 0 aliphatic carbocycles. The van der Waals surface area contributed by atoms with E-state index < -0.39 is 30.2 Å². The number of aliphatic hydroxyl groups excluding tert-OH is 2. The second kappa shape index (κ2) is 14.3. The number of aryl methyl sites for hydroxylation is 2. The number of rotatable bonds is 5. The van der Waals surface area contributed by atoms with Crippen molar-refractivity contribution in [1.82, 2.24) is 9.97 Å². The van der Waals surface area contributed by atoms with Gasteiger partial charge in [-0.05, 0) is 30.0 Å². The minimum Gasteiger partial charge on any atom is -0.392 e. The van der Waals surface area contributed by atoms with Crippen LogP contribution in [0.1, 0.15) is 38.3 Å². The molecule has 1 aromatic heterocycles. The first-order valence-corrected chi connectivity index (χ1v) is 12.8. The summed E-state index contributed by atoms with van der Waals surface area (Å²) in [6.45, 7) is 8.91. The molecule has 0 bridgehead atoms. The summed E-state index contributed by atoms with van der Waals surface area (Å²) in [6.07, 6.45) is -7.24. The molecule has 4 nitrogen and oxygen atoms in total. The molecule has 1 heterocycles. The molecule has 0 saturated carbocycles. The van der Waals surface area contributed by atoms with E-state index in [1.165, 1.54) is 17.7 Å². The van der Waals surface area contributed by atoms with Gasteiger partial charge >= 0.3 is 6.18 Å². The van der Waals surface area contributed by atoms with Gasteiger partial charge in [-0.2, -0.15) is 13.2 Å². The van der Waals surface area contributed by atoms with Gasteiger partial charge in [0.25, 0.3) is 0 Å². The fraction of sp³-hybridized carbons (Fsp3) is 0.312. The molecule has 0 aliphatic rings. The molecule has 4 rings (SSSR count). The molecule has 1 radical (unpaired) electrons. The third kappa shape index (κ3) is 9.82.